The summed E-state index contributed by atoms with van der Waals surface area (Å²) in [5.41, 5.74) is 5.83. The molecular weight excluding hydrogens is 176 g/mol. The van der Waals surface area contributed by atoms with Crippen LogP contribution < -0.4 is 5.73 Å². The van der Waals surface area contributed by atoms with Gasteiger partial charge in [-0.2, -0.15) is 0 Å². The minimum atomic E-state index is 0.196. The highest BCUT2D eigenvalue weighted by Gasteiger charge is 2.43. The number of hydrogen-bond acceptors (Lipinski definition) is 3. The molecule has 0 aliphatic carbocycles. The van der Waals surface area contributed by atoms with Crippen LogP contribution in [0.25, 0.3) is 0 Å². The van der Waals surface area contributed by atoms with Crippen LogP contribution in [0, 0.1) is 0 Å². The zero-order valence-electron chi connectivity index (χ0n) is 10.1. The lowest BCUT2D eigenvalue weighted by molar-refractivity contribution is -0.0901. The Morgan fingerprint density at radius 2 is 1.64 bits per heavy atom. The van der Waals surface area contributed by atoms with E-state index in [1.165, 1.54) is 0 Å². The van der Waals surface area contributed by atoms with Gasteiger partial charge in [-0.05, 0) is 47.6 Å². The van der Waals surface area contributed by atoms with Gasteiger partial charge in [-0.3, -0.25) is 4.90 Å². The van der Waals surface area contributed by atoms with Gasteiger partial charge in [-0.15, -0.1) is 0 Å². The predicted molar refractivity (Wildman–Crippen MR) is 59.1 cm³/mol. The third kappa shape index (κ3) is 2.27. The van der Waals surface area contributed by atoms with Crippen molar-refractivity contribution in [2.75, 3.05) is 13.8 Å². The summed E-state index contributed by atoms with van der Waals surface area (Å²) in [6, 6.07) is 0. The highest BCUT2D eigenvalue weighted by molar-refractivity contribution is 4.98. The normalized spacial score (nSPS) is 27.9. The van der Waals surface area contributed by atoms with E-state index >= 15 is 0 Å². The molecule has 1 saturated heterocycles. The molecule has 0 aromatic heterocycles. The van der Waals surface area contributed by atoms with Crippen molar-refractivity contribution >= 4 is 0 Å². The minimum absolute atomic E-state index is 0.196. The first-order valence-electron chi connectivity index (χ1n) is 5.35. The van der Waals surface area contributed by atoms with Crippen molar-refractivity contribution < 1.29 is 4.74 Å². The van der Waals surface area contributed by atoms with Crippen LogP contribution >= 0.6 is 0 Å². The molecule has 0 bridgehead atoms. The summed E-state index contributed by atoms with van der Waals surface area (Å²) in [6.07, 6.45) is 2.43. The summed E-state index contributed by atoms with van der Waals surface area (Å²) in [7, 11) is 2.19. The first-order valence-corrected chi connectivity index (χ1v) is 5.35. The summed E-state index contributed by atoms with van der Waals surface area (Å²) in [6.45, 7) is 9.39. The summed E-state index contributed by atoms with van der Waals surface area (Å²) in [5.74, 6) is 0. The molecule has 0 aromatic carbocycles. The van der Waals surface area contributed by atoms with Crippen molar-refractivity contribution in [3.05, 3.63) is 0 Å². The molecule has 84 valence electrons. The number of piperidine rings is 1. The lowest BCUT2D eigenvalue weighted by atomic mass is 9.79. The Balaban J connectivity index is 2.75. The number of hydrogen-bond donors (Lipinski definition) is 1. The number of nitrogens with zero attached hydrogens (tertiary/aromatic N) is 1. The van der Waals surface area contributed by atoms with Gasteiger partial charge in [0.1, 0.15) is 0 Å². The van der Waals surface area contributed by atoms with Crippen LogP contribution in [0.5, 0.6) is 0 Å². The largest absolute Gasteiger partial charge is 0.363 e. The standard InChI is InChI=1S/C11H24N2O/c1-10(2)6-9(14-8-12)7-11(3,4)13(10)5/h9H,6-8,12H2,1-5H3. The fourth-order valence-electron chi connectivity index (χ4n) is 2.53. The third-order valence-electron chi connectivity index (χ3n) is 3.60. The van der Waals surface area contributed by atoms with Gasteiger partial charge < -0.3 is 10.5 Å². The maximum absolute atomic E-state index is 5.55. The molecule has 0 atom stereocenters. The van der Waals surface area contributed by atoms with Crippen molar-refractivity contribution in [2.45, 2.75) is 57.7 Å². The molecule has 1 fully saturated rings. The average molecular weight is 200 g/mol. The van der Waals surface area contributed by atoms with Gasteiger partial charge >= 0.3 is 0 Å². The lowest BCUT2D eigenvalue weighted by Crippen LogP contribution is -2.60. The van der Waals surface area contributed by atoms with E-state index in [1.54, 1.807) is 0 Å². The molecule has 0 aromatic rings. The molecule has 3 heteroatoms. The van der Waals surface area contributed by atoms with E-state index in [4.69, 9.17) is 10.5 Å². The Morgan fingerprint density at radius 1 is 1.21 bits per heavy atom. The van der Waals surface area contributed by atoms with E-state index in [2.05, 4.69) is 39.6 Å². The Kier molecular flexibility index (Phi) is 3.24. The van der Waals surface area contributed by atoms with Crippen molar-refractivity contribution in [2.24, 2.45) is 5.73 Å². The molecule has 1 rings (SSSR count). The Labute approximate surface area is 87.6 Å². The zero-order chi connectivity index (χ0) is 11.0. The fourth-order valence-corrected chi connectivity index (χ4v) is 2.53. The van der Waals surface area contributed by atoms with Crippen molar-refractivity contribution in [3.8, 4) is 0 Å². The van der Waals surface area contributed by atoms with Crippen LogP contribution in [0.4, 0.5) is 0 Å². The smallest absolute Gasteiger partial charge is 0.0944 e. The van der Waals surface area contributed by atoms with Gasteiger partial charge in [-0.25, -0.2) is 0 Å². The Hall–Kier alpha value is -0.120. The molecule has 14 heavy (non-hydrogen) atoms. The number of ether oxygens (including phenoxy) is 1. The minimum Gasteiger partial charge on any atom is -0.363 e. The second kappa shape index (κ2) is 3.80. The quantitative estimate of drug-likeness (QED) is 0.688. The number of likely N-dealkylation sites (tertiary alicyclic amines) is 1. The second-order valence-corrected chi connectivity index (χ2v) is 5.55. The van der Waals surface area contributed by atoms with E-state index in [9.17, 15) is 0 Å². The van der Waals surface area contributed by atoms with Gasteiger partial charge in [0.25, 0.3) is 0 Å². The van der Waals surface area contributed by atoms with Gasteiger partial charge in [0.15, 0.2) is 0 Å². The summed E-state index contributed by atoms with van der Waals surface area (Å²) in [5, 5.41) is 0. The van der Waals surface area contributed by atoms with Gasteiger partial charge in [0, 0.05) is 11.1 Å². The molecule has 0 saturated carbocycles. The lowest BCUT2D eigenvalue weighted by Gasteiger charge is -2.53. The molecule has 1 aliphatic rings. The maximum atomic E-state index is 5.55. The molecule has 0 radical (unpaired) electrons. The highest BCUT2D eigenvalue weighted by Crippen LogP contribution is 2.37. The van der Waals surface area contributed by atoms with Gasteiger partial charge in [-0.1, -0.05) is 0 Å². The molecule has 0 unspecified atom stereocenters. The van der Waals surface area contributed by atoms with Crippen LogP contribution in [-0.2, 0) is 4.74 Å². The van der Waals surface area contributed by atoms with E-state index in [0.29, 0.717) is 12.8 Å². The van der Waals surface area contributed by atoms with Crippen molar-refractivity contribution in [1.29, 1.82) is 0 Å². The van der Waals surface area contributed by atoms with E-state index in [-0.39, 0.29) is 11.1 Å². The fraction of sp³-hybridized carbons (Fsp3) is 1.00. The van der Waals surface area contributed by atoms with E-state index in [1.807, 2.05) is 0 Å². The molecule has 1 aliphatic heterocycles. The first-order chi connectivity index (χ1) is 6.29. The number of nitrogens with two attached hydrogens (primary N) is 1. The Bertz CT molecular complexity index is 183. The van der Waals surface area contributed by atoms with Gasteiger partial charge in [0.05, 0.1) is 12.8 Å². The first kappa shape index (κ1) is 12.0. The Morgan fingerprint density at radius 3 is 2.00 bits per heavy atom. The SMILES string of the molecule is CN1C(C)(C)CC(OCN)CC1(C)C. The second-order valence-electron chi connectivity index (χ2n) is 5.55. The van der Waals surface area contributed by atoms with Crippen molar-refractivity contribution in [1.82, 2.24) is 4.90 Å². The zero-order valence-corrected chi connectivity index (χ0v) is 10.1. The van der Waals surface area contributed by atoms with E-state index < -0.39 is 0 Å². The molecular formula is C11H24N2O. The van der Waals surface area contributed by atoms with Crippen LogP contribution in [0.3, 0.4) is 0 Å². The summed E-state index contributed by atoms with van der Waals surface area (Å²) in [4.78, 5) is 2.44. The molecule has 3 nitrogen and oxygen atoms in total. The summed E-state index contributed by atoms with van der Waals surface area (Å²) >= 11 is 0. The van der Waals surface area contributed by atoms with Gasteiger partial charge in [0.2, 0.25) is 0 Å². The number of rotatable bonds is 2. The van der Waals surface area contributed by atoms with Crippen LogP contribution in [-0.4, -0.2) is 35.9 Å². The van der Waals surface area contributed by atoms with Crippen molar-refractivity contribution in [3.63, 3.8) is 0 Å². The van der Waals surface area contributed by atoms with Crippen LogP contribution in [0.15, 0.2) is 0 Å². The maximum Gasteiger partial charge on any atom is 0.0944 e. The average Bonchev–Trinajstić information content (AvgIpc) is 1.99. The van der Waals surface area contributed by atoms with E-state index in [0.717, 1.165) is 12.8 Å². The van der Waals surface area contributed by atoms with Crippen LogP contribution in [0.2, 0.25) is 0 Å². The molecule has 0 amide bonds. The highest BCUT2D eigenvalue weighted by atomic mass is 16.5. The van der Waals surface area contributed by atoms with Crippen LogP contribution in [0.1, 0.15) is 40.5 Å². The molecule has 1 heterocycles. The summed E-state index contributed by atoms with van der Waals surface area (Å²) < 4.78 is 5.55. The molecule has 2 N–H and O–H groups in total. The third-order valence-corrected chi connectivity index (χ3v) is 3.60. The monoisotopic (exact) mass is 200 g/mol. The predicted octanol–water partition coefficient (Wildman–Crippen LogP) is 1.57. The molecule has 0 spiro atoms. The topological polar surface area (TPSA) is 38.5 Å².